The van der Waals surface area contributed by atoms with Gasteiger partial charge in [-0.3, -0.25) is 0 Å². The first-order chi connectivity index (χ1) is 8.85. The molecule has 5 nitrogen and oxygen atoms in total. The van der Waals surface area contributed by atoms with Crippen molar-refractivity contribution in [3.8, 4) is 11.6 Å². The van der Waals surface area contributed by atoms with Crippen molar-refractivity contribution in [3.63, 3.8) is 0 Å². The van der Waals surface area contributed by atoms with Crippen molar-refractivity contribution in [1.29, 1.82) is 0 Å². The van der Waals surface area contributed by atoms with Crippen LogP contribution in [-0.4, -0.2) is 34.9 Å². The Kier molecular flexibility index (Phi) is 4.33. The minimum atomic E-state index is 0.144. The van der Waals surface area contributed by atoms with Gasteiger partial charge in [0, 0.05) is 31.0 Å². The molecule has 2 rings (SSSR count). The van der Waals surface area contributed by atoms with Gasteiger partial charge in [0.15, 0.2) is 0 Å². The summed E-state index contributed by atoms with van der Waals surface area (Å²) in [7, 11) is 1.60. The number of ether oxygens (including phenoxy) is 1. The fourth-order valence-electron chi connectivity index (χ4n) is 1.74. The first-order valence-corrected chi connectivity index (χ1v) is 5.83. The molecular weight excluding hydrogens is 230 g/mol. The van der Waals surface area contributed by atoms with Crippen molar-refractivity contribution in [2.24, 2.45) is 0 Å². The van der Waals surface area contributed by atoms with E-state index in [-0.39, 0.29) is 6.61 Å². The summed E-state index contributed by atoms with van der Waals surface area (Å²) >= 11 is 0. The lowest BCUT2D eigenvalue weighted by atomic mass is 10.3. The Balaban J connectivity index is 2.14. The molecule has 0 aromatic carbocycles. The SMILES string of the molecule is COc1ccc(-n2cccc2CNCCO)cn1. The van der Waals surface area contributed by atoms with Crippen LogP contribution in [0.25, 0.3) is 5.69 Å². The summed E-state index contributed by atoms with van der Waals surface area (Å²) in [5.74, 6) is 0.603. The zero-order valence-corrected chi connectivity index (χ0v) is 10.3. The third kappa shape index (κ3) is 2.88. The van der Waals surface area contributed by atoms with Gasteiger partial charge in [0.25, 0.3) is 0 Å². The molecule has 0 bridgehead atoms. The summed E-state index contributed by atoms with van der Waals surface area (Å²) in [6.07, 6.45) is 3.76. The predicted molar refractivity (Wildman–Crippen MR) is 68.9 cm³/mol. The van der Waals surface area contributed by atoms with E-state index in [1.165, 1.54) is 0 Å². The molecule has 0 fully saturated rings. The number of aliphatic hydroxyl groups excluding tert-OH is 1. The zero-order chi connectivity index (χ0) is 12.8. The van der Waals surface area contributed by atoms with Crippen LogP contribution in [0.15, 0.2) is 36.7 Å². The van der Waals surface area contributed by atoms with Crippen LogP contribution >= 0.6 is 0 Å². The quantitative estimate of drug-likeness (QED) is 0.747. The van der Waals surface area contributed by atoms with E-state index in [2.05, 4.69) is 14.9 Å². The lowest BCUT2D eigenvalue weighted by Gasteiger charge is -2.10. The molecule has 0 spiro atoms. The van der Waals surface area contributed by atoms with Crippen LogP contribution in [-0.2, 0) is 6.54 Å². The van der Waals surface area contributed by atoms with Gasteiger partial charge in [-0.25, -0.2) is 4.98 Å². The fraction of sp³-hybridized carbons (Fsp3) is 0.308. The number of nitrogens with zero attached hydrogens (tertiary/aromatic N) is 2. The Morgan fingerprint density at radius 1 is 1.39 bits per heavy atom. The van der Waals surface area contributed by atoms with Crippen molar-refractivity contribution in [3.05, 3.63) is 42.4 Å². The smallest absolute Gasteiger partial charge is 0.213 e. The molecule has 0 amide bonds. The second-order valence-electron chi connectivity index (χ2n) is 3.83. The molecule has 0 saturated heterocycles. The third-order valence-corrected chi connectivity index (χ3v) is 2.64. The largest absolute Gasteiger partial charge is 0.481 e. The average Bonchev–Trinajstić information content (AvgIpc) is 2.88. The molecular formula is C13H17N3O2. The van der Waals surface area contributed by atoms with E-state index in [1.54, 1.807) is 13.3 Å². The maximum Gasteiger partial charge on any atom is 0.213 e. The van der Waals surface area contributed by atoms with Gasteiger partial charge in [-0.2, -0.15) is 0 Å². The first-order valence-electron chi connectivity index (χ1n) is 5.83. The first kappa shape index (κ1) is 12.6. The van der Waals surface area contributed by atoms with Gasteiger partial charge in [-0.05, 0) is 18.2 Å². The third-order valence-electron chi connectivity index (χ3n) is 2.64. The molecule has 0 radical (unpaired) electrons. The number of aliphatic hydroxyl groups is 1. The second kappa shape index (κ2) is 6.18. The molecule has 18 heavy (non-hydrogen) atoms. The van der Waals surface area contributed by atoms with Crippen LogP contribution in [0.3, 0.4) is 0 Å². The van der Waals surface area contributed by atoms with Crippen LogP contribution in [0.4, 0.5) is 0 Å². The van der Waals surface area contributed by atoms with Crippen LogP contribution in [0.5, 0.6) is 5.88 Å². The Labute approximate surface area is 106 Å². The lowest BCUT2D eigenvalue weighted by Crippen LogP contribution is -2.19. The maximum absolute atomic E-state index is 8.75. The second-order valence-corrected chi connectivity index (χ2v) is 3.83. The Bertz CT molecular complexity index is 479. The standard InChI is InChI=1S/C13H17N3O2/c1-18-13-5-4-12(10-15-13)16-7-2-3-11(16)9-14-6-8-17/h2-5,7,10,14,17H,6,8-9H2,1H3. The molecule has 0 saturated carbocycles. The zero-order valence-electron chi connectivity index (χ0n) is 10.3. The van der Waals surface area contributed by atoms with Gasteiger partial charge >= 0.3 is 0 Å². The highest BCUT2D eigenvalue weighted by atomic mass is 16.5. The average molecular weight is 247 g/mol. The monoisotopic (exact) mass is 247 g/mol. The molecule has 2 aromatic heterocycles. The molecule has 0 aliphatic rings. The van der Waals surface area contributed by atoms with Crippen LogP contribution in [0.2, 0.25) is 0 Å². The molecule has 2 heterocycles. The summed E-state index contributed by atoms with van der Waals surface area (Å²) in [5, 5.41) is 11.9. The molecule has 0 atom stereocenters. The summed E-state index contributed by atoms with van der Waals surface area (Å²) in [4.78, 5) is 4.19. The Morgan fingerprint density at radius 2 is 2.28 bits per heavy atom. The molecule has 0 aliphatic carbocycles. The normalized spacial score (nSPS) is 10.6. The van der Waals surface area contributed by atoms with E-state index in [4.69, 9.17) is 9.84 Å². The van der Waals surface area contributed by atoms with Crippen molar-refractivity contribution in [2.45, 2.75) is 6.54 Å². The van der Waals surface area contributed by atoms with Crippen LogP contribution in [0, 0.1) is 0 Å². The summed E-state index contributed by atoms with van der Waals surface area (Å²) in [6, 6.07) is 7.82. The molecule has 2 N–H and O–H groups in total. The highest BCUT2D eigenvalue weighted by molar-refractivity contribution is 5.34. The minimum Gasteiger partial charge on any atom is -0.481 e. The molecule has 2 aromatic rings. The van der Waals surface area contributed by atoms with Gasteiger partial charge < -0.3 is 19.7 Å². The number of methoxy groups -OCH3 is 1. The van der Waals surface area contributed by atoms with Gasteiger partial charge in [0.05, 0.1) is 25.6 Å². The van der Waals surface area contributed by atoms with E-state index in [1.807, 2.05) is 30.5 Å². The van der Waals surface area contributed by atoms with Gasteiger partial charge in [-0.15, -0.1) is 0 Å². The minimum absolute atomic E-state index is 0.144. The number of nitrogens with one attached hydrogen (secondary N) is 1. The topological polar surface area (TPSA) is 59.3 Å². The Morgan fingerprint density at radius 3 is 2.94 bits per heavy atom. The van der Waals surface area contributed by atoms with E-state index >= 15 is 0 Å². The fourth-order valence-corrected chi connectivity index (χ4v) is 1.74. The van der Waals surface area contributed by atoms with Crippen molar-refractivity contribution < 1.29 is 9.84 Å². The Hall–Kier alpha value is -1.85. The van der Waals surface area contributed by atoms with Crippen LogP contribution in [0.1, 0.15) is 5.69 Å². The van der Waals surface area contributed by atoms with E-state index in [0.29, 0.717) is 19.0 Å². The molecule has 0 unspecified atom stereocenters. The number of aromatic nitrogens is 2. The van der Waals surface area contributed by atoms with E-state index in [9.17, 15) is 0 Å². The van der Waals surface area contributed by atoms with Crippen molar-refractivity contribution in [1.82, 2.24) is 14.9 Å². The number of pyridine rings is 1. The summed E-state index contributed by atoms with van der Waals surface area (Å²) < 4.78 is 7.09. The molecule has 5 heteroatoms. The van der Waals surface area contributed by atoms with Gasteiger partial charge in [0.1, 0.15) is 0 Å². The van der Waals surface area contributed by atoms with Crippen LogP contribution < -0.4 is 10.1 Å². The molecule has 0 aliphatic heterocycles. The molecule has 96 valence electrons. The lowest BCUT2D eigenvalue weighted by molar-refractivity contribution is 0.291. The number of hydrogen-bond donors (Lipinski definition) is 2. The number of rotatable bonds is 6. The van der Waals surface area contributed by atoms with E-state index < -0.39 is 0 Å². The maximum atomic E-state index is 8.75. The van der Waals surface area contributed by atoms with Crippen molar-refractivity contribution >= 4 is 0 Å². The summed E-state index contributed by atoms with van der Waals surface area (Å²) in [5.41, 5.74) is 2.11. The summed E-state index contributed by atoms with van der Waals surface area (Å²) in [6.45, 7) is 1.44. The highest BCUT2D eigenvalue weighted by Gasteiger charge is 2.03. The predicted octanol–water partition coefficient (Wildman–Crippen LogP) is 0.963. The van der Waals surface area contributed by atoms with Crippen molar-refractivity contribution in [2.75, 3.05) is 20.3 Å². The van der Waals surface area contributed by atoms with Gasteiger partial charge in [0.2, 0.25) is 5.88 Å². The van der Waals surface area contributed by atoms with Gasteiger partial charge in [-0.1, -0.05) is 0 Å². The number of hydrogen-bond acceptors (Lipinski definition) is 4. The van der Waals surface area contributed by atoms with E-state index in [0.717, 1.165) is 11.4 Å². The highest BCUT2D eigenvalue weighted by Crippen LogP contribution is 2.14.